The van der Waals surface area contributed by atoms with E-state index in [0.717, 1.165) is 24.4 Å². The number of ketones is 1. The van der Waals surface area contributed by atoms with Gasteiger partial charge in [-0.05, 0) is 38.6 Å². The Morgan fingerprint density at radius 1 is 1.35 bits per heavy atom. The number of thiophene rings is 1. The number of Topliss-reactive ketones (excluding diaryl/α,β-unsaturated/α-hetero) is 1. The maximum Gasteiger partial charge on any atom is 0.192 e. The lowest BCUT2D eigenvalue weighted by molar-refractivity contribution is 0.0612. The molecule has 0 aliphatic rings. The van der Waals surface area contributed by atoms with Crippen LogP contribution in [0.2, 0.25) is 4.34 Å². The zero-order valence-corrected chi connectivity index (χ0v) is 12.5. The van der Waals surface area contributed by atoms with E-state index in [1.54, 1.807) is 6.07 Å². The van der Waals surface area contributed by atoms with E-state index < -0.39 is 5.54 Å². The van der Waals surface area contributed by atoms with Gasteiger partial charge in [0.2, 0.25) is 0 Å². The highest BCUT2D eigenvalue weighted by Crippen LogP contribution is 2.29. The van der Waals surface area contributed by atoms with Crippen molar-refractivity contribution in [2.24, 2.45) is 0 Å². The minimum absolute atomic E-state index is 0.181. The van der Waals surface area contributed by atoms with Crippen LogP contribution in [0.4, 0.5) is 0 Å². The lowest BCUT2D eigenvalue weighted by Gasteiger charge is -2.38. The zero-order valence-electron chi connectivity index (χ0n) is 10.9. The van der Waals surface area contributed by atoms with Crippen LogP contribution in [0.25, 0.3) is 0 Å². The number of nitrogens with zero attached hydrogens (tertiary/aromatic N) is 1. The van der Waals surface area contributed by atoms with Gasteiger partial charge >= 0.3 is 0 Å². The van der Waals surface area contributed by atoms with Crippen molar-refractivity contribution in [3.8, 4) is 0 Å². The van der Waals surface area contributed by atoms with Crippen molar-refractivity contribution in [2.45, 2.75) is 39.7 Å². The maximum atomic E-state index is 12.6. The smallest absolute Gasteiger partial charge is 0.192 e. The highest BCUT2D eigenvalue weighted by Gasteiger charge is 2.37. The van der Waals surface area contributed by atoms with Gasteiger partial charge in [-0.15, -0.1) is 11.3 Å². The summed E-state index contributed by atoms with van der Waals surface area (Å²) in [6.07, 6.45) is 0.809. The summed E-state index contributed by atoms with van der Waals surface area (Å²) in [7, 11) is 0. The van der Waals surface area contributed by atoms with E-state index in [0.29, 0.717) is 4.34 Å². The molecule has 17 heavy (non-hydrogen) atoms. The van der Waals surface area contributed by atoms with Crippen LogP contribution in [-0.4, -0.2) is 29.3 Å². The molecule has 0 saturated heterocycles. The van der Waals surface area contributed by atoms with Crippen molar-refractivity contribution in [1.82, 2.24) is 4.90 Å². The van der Waals surface area contributed by atoms with E-state index in [9.17, 15) is 4.79 Å². The molecule has 1 unspecified atom stereocenters. The molecule has 0 saturated carbocycles. The number of rotatable bonds is 6. The van der Waals surface area contributed by atoms with Crippen LogP contribution in [-0.2, 0) is 0 Å². The van der Waals surface area contributed by atoms with Crippen LogP contribution in [0.15, 0.2) is 12.1 Å². The average Bonchev–Trinajstić information content (AvgIpc) is 2.76. The molecule has 2 nitrogen and oxygen atoms in total. The quantitative estimate of drug-likeness (QED) is 0.728. The average molecular weight is 274 g/mol. The SMILES string of the molecule is CCN(CC)C(C)(CC)C(=O)c1ccc(Cl)s1. The molecule has 0 aliphatic carbocycles. The van der Waals surface area contributed by atoms with Gasteiger partial charge in [-0.1, -0.05) is 32.4 Å². The summed E-state index contributed by atoms with van der Waals surface area (Å²) in [5.41, 5.74) is -0.419. The minimum atomic E-state index is -0.419. The van der Waals surface area contributed by atoms with Crippen molar-refractivity contribution in [2.75, 3.05) is 13.1 Å². The second-order valence-corrected chi connectivity index (χ2v) is 5.95. The number of carbonyl (C=O) groups excluding carboxylic acids is 1. The largest absolute Gasteiger partial charge is 0.292 e. The molecule has 0 amide bonds. The summed E-state index contributed by atoms with van der Waals surface area (Å²) in [6, 6.07) is 3.62. The summed E-state index contributed by atoms with van der Waals surface area (Å²) >= 11 is 7.26. The second-order valence-electron chi connectivity index (χ2n) is 4.23. The first-order valence-corrected chi connectivity index (χ1v) is 7.24. The fourth-order valence-electron chi connectivity index (χ4n) is 2.15. The van der Waals surface area contributed by atoms with Crippen LogP contribution < -0.4 is 0 Å². The Hall–Kier alpha value is -0.380. The number of halogens is 1. The minimum Gasteiger partial charge on any atom is -0.292 e. The summed E-state index contributed by atoms with van der Waals surface area (Å²) in [5, 5.41) is 0. The number of likely N-dealkylation sites (N-methyl/N-ethyl adjacent to an activating group) is 1. The van der Waals surface area contributed by atoms with Crippen molar-refractivity contribution in [1.29, 1.82) is 0 Å². The van der Waals surface area contributed by atoms with E-state index in [2.05, 4.69) is 25.7 Å². The van der Waals surface area contributed by atoms with Gasteiger partial charge < -0.3 is 0 Å². The molecular weight excluding hydrogens is 254 g/mol. The second kappa shape index (κ2) is 5.98. The lowest BCUT2D eigenvalue weighted by Crippen LogP contribution is -2.51. The number of hydrogen-bond donors (Lipinski definition) is 0. The van der Waals surface area contributed by atoms with Gasteiger partial charge in [-0.3, -0.25) is 9.69 Å². The highest BCUT2D eigenvalue weighted by molar-refractivity contribution is 7.18. The third-order valence-electron chi connectivity index (χ3n) is 3.44. The zero-order chi connectivity index (χ0) is 13.1. The van der Waals surface area contributed by atoms with Gasteiger partial charge in [0.1, 0.15) is 0 Å². The highest BCUT2D eigenvalue weighted by atomic mass is 35.5. The third kappa shape index (κ3) is 2.90. The molecule has 1 atom stereocenters. The van der Waals surface area contributed by atoms with Crippen LogP contribution in [0.1, 0.15) is 43.8 Å². The van der Waals surface area contributed by atoms with Crippen molar-refractivity contribution >= 4 is 28.7 Å². The van der Waals surface area contributed by atoms with Gasteiger partial charge in [0.05, 0.1) is 14.8 Å². The van der Waals surface area contributed by atoms with Gasteiger partial charge in [-0.2, -0.15) is 0 Å². The fourth-order valence-corrected chi connectivity index (χ4v) is 3.26. The molecule has 1 aromatic rings. The first-order chi connectivity index (χ1) is 7.99. The van der Waals surface area contributed by atoms with Crippen LogP contribution in [0, 0.1) is 0 Å². The molecule has 96 valence electrons. The molecule has 0 radical (unpaired) electrons. The normalized spacial score (nSPS) is 14.9. The third-order valence-corrected chi connectivity index (χ3v) is 4.67. The maximum absolute atomic E-state index is 12.6. The molecule has 1 heterocycles. The van der Waals surface area contributed by atoms with Gasteiger partial charge in [0.15, 0.2) is 5.78 Å². The Labute approximate surface area is 113 Å². The first kappa shape index (κ1) is 14.7. The Balaban J connectivity index is 3.04. The molecule has 1 aromatic heterocycles. The van der Waals surface area contributed by atoms with E-state index in [1.165, 1.54) is 11.3 Å². The van der Waals surface area contributed by atoms with E-state index in [1.807, 2.05) is 13.0 Å². The van der Waals surface area contributed by atoms with Crippen LogP contribution in [0.3, 0.4) is 0 Å². The van der Waals surface area contributed by atoms with Crippen LogP contribution >= 0.6 is 22.9 Å². The molecule has 0 aromatic carbocycles. The lowest BCUT2D eigenvalue weighted by atomic mass is 9.90. The Bertz CT molecular complexity index is 387. The molecule has 0 N–H and O–H groups in total. The molecule has 0 aliphatic heterocycles. The Kier molecular flexibility index (Phi) is 5.17. The van der Waals surface area contributed by atoms with Crippen LogP contribution in [0.5, 0.6) is 0 Å². The van der Waals surface area contributed by atoms with E-state index >= 15 is 0 Å². The van der Waals surface area contributed by atoms with E-state index in [-0.39, 0.29) is 5.78 Å². The topological polar surface area (TPSA) is 20.3 Å². The van der Waals surface area contributed by atoms with Gasteiger partial charge in [-0.25, -0.2) is 0 Å². The molecule has 0 spiro atoms. The molecule has 0 fully saturated rings. The molecular formula is C13H20ClNOS. The number of carbonyl (C=O) groups is 1. The van der Waals surface area contributed by atoms with Crippen molar-refractivity contribution in [3.05, 3.63) is 21.3 Å². The molecule has 1 rings (SSSR count). The molecule has 4 heteroatoms. The van der Waals surface area contributed by atoms with Crippen molar-refractivity contribution < 1.29 is 4.79 Å². The molecule has 0 bridgehead atoms. The van der Waals surface area contributed by atoms with Gasteiger partial charge in [0.25, 0.3) is 0 Å². The Morgan fingerprint density at radius 2 is 1.94 bits per heavy atom. The monoisotopic (exact) mass is 273 g/mol. The number of hydrogen-bond acceptors (Lipinski definition) is 3. The predicted molar refractivity (Wildman–Crippen MR) is 75.3 cm³/mol. The standard InChI is InChI=1S/C13H20ClNOS/c1-5-13(4,15(6-2)7-3)12(16)10-8-9-11(14)17-10/h8-9H,5-7H2,1-4H3. The van der Waals surface area contributed by atoms with Crippen molar-refractivity contribution in [3.63, 3.8) is 0 Å². The summed E-state index contributed by atoms with van der Waals surface area (Å²) in [6.45, 7) is 10.0. The Morgan fingerprint density at radius 3 is 2.29 bits per heavy atom. The summed E-state index contributed by atoms with van der Waals surface area (Å²) in [4.78, 5) is 15.5. The summed E-state index contributed by atoms with van der Waals surface area (Å²) in [5.74, 6) is 0.181. The van der Waals surface area contributed by atoms with Gasteiger partial charge in [0, 0.05) is 0 Å². The predicted octanol–water partition coefficient (Wildman–Crippen LogP) is 4.09. The van der Waals surface area contributed by atoms with E-state index in [4.69, 9.17) is 11.6 Å². The fraction of sp³-hybridized carbons (Fsp3) is 0.615. The summed E-state index contributed by atoms with van der Waals surface area (Å²) < 4.78 is 0.673. The first-order valence-electron chi connectivity index (χ1n) is 6.04.